The topological polar surface area (TPSA) is 45.4 Å². The summed E-state index contributed by atoms with van der Waals surface area (Å²) in [4.78, 5) is 0. The summed E-state index contributed by atoms with van der Waals surface area (Å²) in [6, 6.07) is 33.9. The van der Waals surface area contributed by atoms with E-state index in [2.05, 4.69) is 92.7 Å². The third kappa shape index (κ3) is 5.55. The first-order valence-electron chi connectivity index (χ1n) is 11.5. The minimum absolute atomic E-state index is 0.0797. The Morgan fingerprint density at radius 1 is 0.812 bits per heavy atom. The summed E-state index contributed by atoms with van der Waals surface area (Å²) < 4.78 is 6.71. The summed E-state index contributed by atoms with van der Waals surface area (Å²) in [6.07, 6.45) is 4.39. The largest absolute Gasteiger partial charge is 0.438 e. The Balaban J connectivity index is 2.05. The molecule has 0 fully saturated rings. The number of nitrogens with zero attached hydrogens (tertiary/aromatic N) is 2. The average molecular weight is 441 g/mol. The van der Waals surface area contributed by atoms with Crippen LogP contribution in [0.2, 0.25) is 0 Å². The number of hydrogen-bond acceptors (Lipinski definition) is 3. The number of oxime groups is 1. The van der Waals surface area contributed by atoms with Crippen molar-refractivity contribution in [1.82, 2.24) is 0 Å². The van der Waals surface area contributed by atoms with Crippen molar-refractivity contribution in [3.8, 4) is 6.07 Å². The van der Waals surface area contributed by atoms with Gasteiger partial charge in [0.25, 0.3) is 0 Å². The summed E-state index contributed by atoms with van der Waals surface area (Å²) in [5.74, 6) is 0.0797. The van der Waals surface area contributed by atoms with Crippen LogP contribution in [-0.2, 0) is 4.53 Å². The van der Waals surface area contributed by atoms with Crippen molar-refractivity contribution >= 4 is 29.6 Å². The minimum Gasteiger partial charge on any atom is -0.438 e. The maximum absolute atomic E-state index is 9.43. The Morgan fingerprint density at radius 2 is 1.28 bits per heavy atom. The second kappa shape index (κ2) is 12.0. The van der Waals surface area contributed by atoms with E-state index in [4.69, 9.17) is 9.68 Å². The van der Waals surface area contributed by atoms with Gasteiger partial charge in [-0.2, -0.15) is 5.26 Å². The molecule has 0 spiro atoms. The fraction of sp³-hybridized carbons (Fsp3) is 0.286. The zero-order chi connectivity index (χ0) is 22.7. The molecule has 0 saturated heterocycles. The van der Waals surface area contributed by atoms with Gasteiger partial charge in [-0.15, -0.1) is 5.16 Å². The Kier molecular flexibility index (Phi) is 8.83. The Labute approximate surface area is 193 Å². The van der Waals surface area contributed by atoms with E-state index in [1.165, 1.54) is 0 Å². The highest BCUT2D eigenvalue weighted by molar-refractivity contribution is 7.07. The summed E-state index contributed by atoms with van der Waals surface area (Å²) in [6.45, 7) is 4.24. The van der Waals surface area contributed by atoms with Gasteiger partial charge in [0.15, 0.2) is 0 Å². The molecule has 1 unspecified atom stereocenters. The molecule has 0 heterocycles. The average Bonchev–Trinajstić information content (AvgIpc) is 2.87. The van der Waals surface area contributed by atoms with Crippen LogP contribution in [0, 0.1) is 17.2 Å². The van der Waals surface area contributed by atoms with Crippen molar-refractivity contribution in [3.63, 3.8) is 0 Å². The van der Waals surface area contributed by atoms with Crippen LogP contribution >= 0.6 is 0 Å². The molecule has 4 heteroatoms. The van der Waals surface area contributed by atoms with Gasteiger partial charge in [0.1, 0.15) is 0 Å². The molecule has 0 saturated carbocycles. The van der Waals surface area contributed by atoms with Crippen molar-refractivity contribution in [2.24, 2.45) is 11.1 Å². The Morgan fingerprint density at radius 3 is 1.66 bits per heavy atom. The highest BCUT2D eigenvalue weighted by Crippen LogP contribution is 2.16. The van der Waals surface area contributed by atoms with Crippen molar-refractivity contribution in [3.05, 3.63) is 91.0 Å². The summed E-state index contributed by atoms with van der Waals surface area (Å²) in [5.41, 5.74) is 1.01. The van der Waals surface area contributed by atoms with E-state index in [9.17, 15) is 5.26 Å². The lowest BCUT2D eigenvalue weighted by molar-refractivity contribution is 0.345. The van der Waals surface area contributed by atoms with Crippen molar-refractivity contribution in [2.75, 3.05) is 0 Å². The Hall–Kier alpha value is -3.16. The molecular formula is C28H32N2OSi. The molecule has 0 amide bonds. The molecule has 3 rings (SSSR count). The van der Waals surface area contributed by atoms with Crippen molar-refractivity contribution in [1.29, 1.82) is 5.26 Å². The third-order valence-electron chi connectivity index (χ3n) is 5.86. The minimum atomic E-state index is -2.84. The standard InChI is InChI=1S/C28H32N2OSi/c1-3-14-24(23-29)21-22-25(4-2)30-31-32(26-15-8-5-9-16-26,27-17-10-6-11-18-27)28-19-12-7-13-20-28/h5-13,15-20,24H,3-4,14,21-22H2,1-2H3. The van der Waals surface area contributed by atoms with Gasteiger partial charge in [0.2, 0.25) is 0 Å². The van der Waals surface area contributed by atoms with Gasteiger partial charge in [-0.1, -0.05) is 111 Å². The van der Waals surface area contributed by atoms with Crippen LogP contribution in [0.25, 0.3) is 0 Å². The maximum atomic E-state index is 9.43. The van der Waals surface area contributed by atoms with Crippen LogP contribution in [0.3, 0.4) is 0 Å². The van der Waals surface area contributed by atoms with Crippen LogP contribution < -0.4 is 15.6 Å². The summed E-state index contributed by atoms with van der Waals surface area (Å²) >= 11 is 0. The molecule has 0 aromatic heterocycles. The first-order valence-corrected chi connectivity index (χ1v) is 13.5. The number of nitriles is 1. The second-order valence-electron chi connectivity index (χ2n) is 8.03. The number of hydrogen-bond donors (Lipinski definition) is 0. The fourth-order valence-corrected chi connectivity index (χ4v) is 7.63. The predicted octanol–water partition coefficient (Wildman–Crippen LogP) is 5.16. The van der Waals surface area contributed by atoms with E-state index < -0.39 is 8.32 Å². The molecule has 0 aliphatic heterocycles. The Bertz CT molecular complexity index is 917. The molecule has 0 aliphatic carbocycles. The maximum Gasteiger partial charge on any atom is 0.380 e. The molecule has 3 nitrogen and oxygen atoms in total. The molecule has 164 valence electrons. The smallest absolute Gasteiger partial charge is 0.380 e. The third-order valence-corrected chi connectivity index (χ3v) is 9.67. The lowest BCUT2D eigenvalue weighted by atomic mass is 9.97. The highest BCUT2D eigenvalue weighted by Gasteiger charge is 2.44. The van der Waals surface area contributed by atoms with Gasteiger partial charge >= 0.3 is 8.32 Å². The fourth-order valence-electron chi connectivity index (χ4n) is 4.06. The lowest BCUT2D eigenvalue weighted by Crippen LogP contribution is -2.68. The van der Waals surface area contributed by atoms with Gasteiger partial charge in [0, 0.05) is 5.92 Å². The molecule has 32 heavy (non-hydrogen) atoms. The van der Waals surface area contributed by atoms with Crippen LogP contribution in [0.15, 0.2) is 96.2 Å². The van der Waals surface area contributed by atoms with Gasteiger partial charge in [-0.05, 0) is 41.2 Å². The molecule has 0 radical (unpaired) electrons. The van der Waals surface area contributed by atoms with Crippen LogP contribution in [0.1, 0.15) is 46.0 Å². The van der Waals surface area contributed by atoms with E-state index in [0.717, 1.165) is 53.4 Å². The van der Waals surface area contributed by atoms with Crippen LogP contribution in [0.4, 0.5) is 0 Å². The molecule has 0 bridgehead atoms. The van der Waals surface area contributed by atoms with Gasteiger partial charge in [0.05, 0.1) is 11.8 Å². The SMILES string of the molecule is CCCC(C#N)CCC(CC)=NO[Si](c1ccccc1)(c1ccccc1)c1ccccc1. The highest BCUT2D eigenvalue weighted by atomic mass is 28.4. The first-order chi connectivity index (χ1) is 15.7. The molecule has 1 atom stereocenters. The quantitative estimate of drug-likeness (QED) is 0.179. The van der Waals surface area contributed by atoms with E-state index >= 15 is 0 Å². The van der Waals surface area contributed by atoms with Crippen molar-refractivity contribution in [2.45, 2.75) is 46.0 Å². The second-order valence-corrected chi connectivity index (χ2v) is 11.3. The van der Waals surface area contributed by atoms with E-state index in [1.54, 1.807) is 0 Å². The summed E-state index contributed by atoms with van der Waals surface area (Å²) in [7, 11) is -2.84. The van der Waals surface area contributed by atoms with Crippen LogP contribution in [-0.4, -0.2) is 14.0 Å². The monoisotopic (exact) mass is 440 g/mol. The molecule has 0 aliphatic rings. The molecule has 3 aromatic carbocycles. The van der Waals surface area contributed by atoms with Gasteiger partial charge < -0.3 is 4.53 Å². The van der Waals surface area contributed by atoms with E-state index in [-0.39, 0.29) is 5.92 Å². The molecule has 3 aromatic rings. The number of benzene rings is 3. The van der Waals surface area contributed by atoms with E-state index in [0.29, 0.717) is 0 Å². The van der Waals surface area contributed by atoms with Crippen LogP contribution in [0.5, 0.6) is 0 Å². The first kappa shape index (κ1) is 23.5. The lowest BCUT2D eigenvalue weighted by Gasteiger charge is -2.30. The summed E-state index contributed by atoms with van der Waals surface area (Å²) in [5, 5.41) is 17.7. The van der Waals surface area contributed by atoms with Crippen molar-refractivity contribution < 1.29 is 4.53 Å². The van der Waals surface area contributed by atoms with Gasteiger partial charge in [-0.25, -0.2) is 0 Å². The zero-order valence-electron chi connectivity index (χ0n) is 19.1. The molecular weight excluding hydrogens is 408 g/mol. The zero-order valence-corrected chi connectivity index (χ0v) is 20.1. The predicted molar refractivity (Wildman–Crippen MR) is 136 cm³/mol. The normalized spacial score (nSPS) is 12.7. The van der Waals surface area contributed by atoms with E-state index in [1.807, 2.05) is 18.2 Å². The van der Waals surface area contributed by atoms with Gasteiger partial charge in [-0.3, -0.25) is 0 Å². The molecule has 0 N–H and O–H groups in total. The number of rotatable bonds is 11.